The summed E-state index contributed by atoms with van der Waals surface area (Å²) in [4.78, 5) is 37.4. The predicted octanol–water partition coefficient (Wildman–Crippen LogP) is 4.67. The second-order valence-corrected chi connectivity index (χ2v) is 9.18. The van der Waals surface area contributed by atoms with Gasteiger partial charge in [0, 0.05) is 10.1 Å². The number of hydrogen-bond acceptors (Lipinski definition) is 8. The quantitative estimate of drug-likeness (QED) is 0.135. The molecule has 4 rings (SSSR count). The minimum atomic E-state index is -0.557. The summed E-state index contributed by atoms with van der Waals surface area (Å²) in [6.07, 6.45) is 1.39. The van der Waals surface area contributed by atoms with Gasteiger partial charge in [0.2, 0.25) is 0 Å². The van der Waals surface area contributed by atoms with E-state index in [0.29, 0.717) is 32.5 Å². The van der Waals surface area contributed by atoms with Crippen molar-refractivity contribution in [2.24, 2.45) is 5.10 Å². The first kappa shape index (κ1) is 26.6. The maximum Gasteiger partial charge on any atom is 0.343 e. The van der Waals surface area contributed by atoms with Gasteiger partial charge in [0.25, 0.3) is 11.8 Å². The van der Waals surface area contributed by atoms with Crippen molar-refractivity contribution in [1.82, 2.24) is 10.7 Å². The van der Waals surface area contributed by atoms with Crippen LogP contribution in [0.2, 0.25) is 5.02 Å². The van der Waals surface area contributed by atoms with Gasteiger partial charge in [0.05, 0.1) is 37.6 Å². The maximum absolute atomic E-state index is 12.5. The monoisotopic (exact) mass is 551 g/mol. The Morgan fingerprint density at radius 3 is 2.45 bits per heavy atom. The van der Waals surface area contributed by atoms with E-state index in [1.807, 2.05) is 24.3 Å². The molecular weight excluding hydrogens is 530 g/mol. The van der Waals surface area contributed by atoms with Crippen LogP contribution in [0.5, 0.6) is 17.2 Å². The zero-order valence-corrected chi connectivity index (χ0v) is 21.9. The van der Waals surface area contributed by atoms with Crippen molar-refractivity contribution in [1.29, 1.82) is 0 Å². The van der Waals surface area contributed by atoms with Gasteiger partial charge in [-0.25, -0.2) is 10.2 Å². The fourth-order valence-corrected chi connectivity index (χ4v) is 4.79. The van der Waals surface area contributed by atoms with Crippen LogP contribution in [-0.2, 0) is 4.79 Å². The smallest absolute Gasteiger partial charge is 0.343 e. The van der Waals surface area contributed by atoms with Gasteiger partial charge in [0.15, 0.2) is 11.5 Å². The molecule has 3 aromatic carbocycles. The third-order valence-corrected chi connectivity index (χ3v) is 6.94. The minimum Gasteiger partial charge on any atom is -0.497 e. The van der Waals surface area contributed by atoms with Crippen LogP contribution in [0.1, 0.15) is 25.6 Å². The van der Waals surface area contributed by atoms with Gasteiger partial charge in [-0.15, -0.1) is 11.3 Å². The summed E-state index contributed by atoms with van der Waals surface area (Å²) >= 11 is 7.56. The molecule has 0 spiro atoms. The fourth-order valence-electron chi connectivity index (χ4n) is 3.35. The molecule has 9 nitrogen and oxygen atoms in total. The van der Waals surface area contributed by atoms with Crippen molar-refractivity contribution >= 4 is 57.0 Å². The molecule has 0 saturated heterocycles. The number of amides is 2. The Bertz CT molecular complexity index is 1520. The number of methoxy groups -OCH3 is 2. The molecule has 0 unspecified atom stereocenters. The van der Waals surface area contributed by atoms with Gasteiger partial charge in [0.1, 0.15) is 10.6 Å². The van der Waals surface area contributed by atoms with Crippen molar-refractivity contribution in [3.05, 3.63) is 87.8 Å². The molecule has 0 aliphatic heterocycles. The Hall–Kier alpha value is -4.41. The number of ether oxygens (including phenoxy) is 3. The van der Waals surface area contributed by atoms with Crippen LogP contribution >= 0.6 is 22.9 Å². The molecule has 0 bridgehead atoms. The van der Waals surface area contributed by atoms with E-state index in [9.17, 15) is 14.4 Å². The highest BCUT2D eigenvalue weighted by atomic mass is 35.5. The number of halogens is 1. The summed E-state index contributed by atoms with van der Waals surface area (Å²) in [5.74, 6) is -0.383. The Morgan fingerprint density at radius 1 is 0.974 bits per heavy atom. The van der Waals surface area contributed by atoms with Crippen molar-refractivity contribution < 1.29 is 28.6 Å². The molecule has 4 aromatic rings. The number of benzene rings is 3. The molecule has 0 radical (unpaired) electrons. The van der Waals surface area contributed by atoms with E-state index in [0.717, 1.165) is 10.1 Å². The molecule has 11 heteroatoms. The van der Waals surface area contributed by atoms with Gasteiger partial charge in [-0.05, 0) is 54.1 Å². The maximum atomic E-state index is 12.5. The van der Waals surface area contributed by atoms with Crippen LogP contribution in [0, 0.1) is 0 Å². The first-order valence-corrected chi connectivity index (χ1v) is 12.4. The molecule has 0 aliphatic rings. The average molecular weight is 552 g/mol. The van der Waals surface area contributed by atoms with Gasteiger partial charge >= 0.3 is 5.97 Å². The summed E-state index contributed by atoms with van der Waals surface area (Å²) in [5.41, 5.74) is 3.27. The third-order valence-electron chi connectivity index (χ3n) is 5.27. The fraction of sp³-hybridized carbons (Fsp3) is 0.111. The largest absolute Gasteiger partial charge is 0.497 e. The molecule has 38 heavy (non-hydrogen) atoms. The minimum absolute atomic E-state index is 0.220. The highest BCUT2D eigenvalue weighted by Crippen LogP contribution is 2.35. The summed E-state index contributed by atoms with van der Waals surface area (Å²) < 4.78 is 16.7. The number of nitrogens with zero attached hydrogens (tertiary/aromatic N) is 1. The van der Waals surface area contributed by atoms with Crippen LogP contribution < -0.4 is 25.0 Å². The van der Waals surface area contributed by atoms with E-state index in [1.54, 1.807) is 42.5 Å². The van der Waals surface area contributed by atoms with Gasteiger partial charge < -0.3 is 19.5 Å². The van der Waals surface area contributed by atoms with Crippen LogP contribution in [0.25, 0.3) is 10.1 Å². The molecule has 0 fully saturated rings. The number of esters is 1. The second-order valence-electron chi connectivity index (χ2n) is 7.75. The van der Waals surface area contributed by atoms with Gasteiger partial charge in [-0.3, -0.25) is 9.59 Å². The van der Waals surface area contributed by atoms with Gasteiger partial charge in [-0.1, -0.05) is 29.8 Å². The number of thiophene rings is 1. The normalized spacial score (nSPS) is 10.8. The van der Waals surface area contributed by atoms with E-state index in [-0.39, 0.29) is 12.3 Å². The predicted molar refractivity (Wildman–Crippen MR) is 146 cm³/mol. The SMILES string of the molecule is COc1ccc(C(=O)Oc2ccc(/C=N\NC(=O)CNC(=O)c3sc4ccccc4c3Cl)cc2OC)cc1. The number of hydrazone groups is 1. The van der Waals surface area contributed by atoms with Crippen molar-refractivity contribution in [2.75, 3.05) is 20.8 Å². The average Bonchev–Trinajstić information content (AvgIpc) is 3.28. The molecule has 0 aliphatic carbocycles. The first-order chi connectivity index (χ1) is 18.4. The number of fused-ring (bicyclic) bond motifs is 1. The Balaban J connectivity index is 1.31. The number of hydrogen-bond donors (Lipinski definition) is 2. The molecule has 0 saturated carbocycles. The van der Waals surface area contributed by atoms with E-state index in [1.165, 1.54) is 31.8 Å². The molecule has 0 atom stereocenters. The van der Waals surface area contributed by atoms with E-state index in [4.69, 9.17) is 25.8 Å². The Morgan fingerprint density at radius 2 is 1.74 bits per heavy atom. The second kappa shape index (κ2) is 12.2. The Labute approximate surface area is 227 Å². The number of carbonyl (C=O) groups excluding carboxylic acids is 3. The summed E-state index contributed by atoms with van der Waals surface area (Å²) in [5, 5.41) is 7.58. The number of nitrogens with one attached hydrogen (secondary N) is 2. The Kier molecular flexibility index (Phi) is 8.57. The van der Waals surface area contributed by atoms with Crippen molar-refractivity contribution in [3.8, 4) is 17.2 Å². The molecular formula is C27H22ClN3O6S. The molecule has 2 N–H and O–H groups in total. The summed E-state index contributed by atoms with van der Waals surface area (Å²) in [6.45, 7) is -0.287. The lowest BCUT2D eigenvalue weighted by molar-refractivity contribution is -0.120. The van der Waals surface area contributed by atoms with Crippen molar-refractivity contribution in [2.45, 2.75) is 0 Å². The third kappa shape index (κ3) is 6.28. The highest BCUT2D eigenvalue weighted by Gasteiger charge is 2.17. The zero-order valence-electron chi connectivity index (χ0n) is 20.3. The summed E-state index contributed by atoms with van der Waals surface area (Å²) in [7, 11) is 2.98. The van der Waals surface area contributed by atoms with E-state index >= 15 is 0 Å². The molecule has 1 heterocycles. The number of rotatable bonds is 9. The van der Waals surface area contributed by atoms with Crippen LogP contribution in [0.15, 0.2) is 71.8 Å². The lowest BCUT2D eigenvalue weighted by Gasteiger charge is -2.10. The van der Waals surface area contributed by atoms with E-state index < -0.39 is 17.8 Å². The van der Waals surface area contributed by atoms with Crippen LogP contribution in [0.3, 0.4) is 0 Å². The lowest BCUT2D eigenvalue weighted by atomic mass is 10.2. The van der Waals surface area contributed by atoms with E-state index in [2.05, 4.69) is 15.8 Å². The van der Waals surface area contributed by atoms with Gasteiger partial charge in [-0.2, -0.15) is 5.10 Å². The number of carbonyl (C=O) groups is 3. The summed E-state index contributed by atoms with van der Waals surface area (Å²) in [6, 6.07) is 18.7. The lowest BCUT2D eigenvalue weighted by Crippen LogP contribution is -2.34. The zero-order chi connectivity index (χ0) is 27.1. The molecule has 2 amide bonds. The standard InChI is InChI=1S/C27H22ClN3O6S/c1-35-18-10-8-17(9-11-18)27(34)37-20-12-7-16(13-21(20)36-2)14-30-31-23(32)15-29-26(33)25-24(28)19-5-3-4-6-22(19)38-25/h3-14H,15H2,1-2H3,(H,29,33)(H,31,32)/b30-14-. The molecule has 1 aromatic heterocycles. The van der Waals surface area contributed by atoms with Crippen molar-refractivity contribution in [3.63, 3.8) is 0 Å². The molecule has 194 valence electrons. The first-order valence-electron chi connectivity index (χ1n) is 11.2. The topological polar surface area (TPSA) is 115 Å². The highest BCUT2D eigenvalue weighted by molar-refractivity contribution is 7.21. The van der Waals surface area contributed by atoms with Crippen LogP contribution in [-0.4, -0.2) is 44.8 Å². The van der Waals surface area contributed by atoms with Crippen LogP contribution in [0.4, 0.5) is 0 Å².